The topological polar surface area (TPSA) is 30.5 Å². The number of nitrogens with one attached hydrogen (secondary N) is 1. The van der Waals surface area contributed by atoms with Crippen LogP contribution in [0, 0.1) is 0 Å². The van der Waals surface area contributed by atoms with E-state index in [4.69, 9.17) is 9.47 Å². The number of unbranched alkanes of at least 4 members (excludes halogenated alkanes) is 11. The van der Waals surface area contributed by atoms with E-state index in [0.717, 1.165) is 19.6 Å². The van der Waals surface area contributed by atoms with Crippen LogP contribution < -0.4 is 5.32 Å². The maximum Gasteiger partial charge on any atom is 0.0810 e. The Kier molecular flexibility index (Phi) is 18.4. The van der Waals surface area contributed by atoms with Crippen LogP contribution in [0.2, 0.25) is 0 Å². The zero-order chi connectivity index (χ0) is 20.8. The Morgan fingerprint density at radius 2 is 1.31 bits per heavy atom. The second-order valence-corrected chi connectivity index (χ2v) is 8.25. The summed E-state index contributed by atoms with van der Waals surface area (Å²) in [5.41, 5.74) is 1.23. The van der Waals surface area contributed by atoms with Crippen LogP contribution in [0.15, 0.2) is 30.3 Å². The van der Waals surface area contributed by atoms with Crippen LogP contribution in [0.5, 0.6) is 0 Å². The largest absolute Gasteiger partial charge is 0.379 e. The van der Waals surface area contributed by atoms with Gasteiger partial charge >= 0.3 is 0 Å². The Hall–Kier alpha value is -0.900. The van der Waals surface area contributed by atoms with Gasteiger partial charge in [-0.1, -0.05) is 101 Å². The first kappa shape index (κ1) is 26.1. The number of hydrogen-bond donors (Lipinski definition) is 1. The average molecular weight is 406 g/mol. The first-order valence-electron chi connectivity index (χ1n) is 12.2. The van der Waals surface area contributed by atoms with E-state index in [2.05, 4.69) is 36.5 Å². The van der Waals surface area contributed by atoms with Crippen molar-refractivity contribution >= 4 is 0 Å². The van der Waals surface area contributed by atoms with E-state index in [-0.39, 0.29) is 6.10 Å². The molecule has 0 spiro atoms. The van der Waals surface area contributed by atoms with E-state index >= 15 is 0 Å². The average Bonchev–Trinajstić information content (AvgIpc) is 2.76. The van der Waals surface area contributed by atoms with Crippen LogP contribution in [0.25, 0.3) is 0 Å². The van der Waals surface area contributed by atoms with Gasteiger partial charge in [0.05, 0.1) is 19.3 Å². The zero-order valence-electron chi connectivity index (χ0n) is 19.3. The minimum absolute atomic E-state index is 0.207. The fraction of sp³-hybridized carbons (Fsp3) is 0.769. The van der Waals surface area contributed by atoms with Gasteiger partial charge in [0.1, 0.15) is 0 Å². The van der Waals surface area contributed by atoms with Gasteiger partial charge < -0.3 is 14.8 Å². The Morgan fingerprint density at radius 1 is 0.759 bits per heavy atom. The predicted octanol–water partition coefficient (Wildman–Crippen LogP) is 6.90. The third-order valence-electron chi connectivity index (χ3n) is 5.55. The summed E-state index contributed by atoms with van der Waals surface area (Å²) in [5.74, 6) is 0. The lowest BCUT2D eigenvalue weighted by atomic mass is 10.1. The van der Waals surface area contributed by atoms with E-state index in [0.29, 0.717) is 6.61 Å². The van der Waals surface area contributed by atoms with Crippen LogP contribution in [0.3, 0.4) is 0 Å². The molecule has 0 amide bonds. The second-order valence-electron chi connectivity index (χ2n) is 8.25. The maximum atomic E-state index is 5.97. The second kappa shape index (κ2) is 20.4. The molecule has 1 unspecified atom stereocenters. The van der Waals surface area contributed by atoms with Crippen molar-refractivity contribution in [3.63, 3.8) is 0 Å². The van der Waals surface area contributed by atoms with Crippen molar-refractivity contribution in [2.75, 3.05) is 26.8 Å². The van der Waals surface area contributed by atoms with Crippen molar-refractivity contribution in [1.82, 2.24) is 5.32 Å². The lowest BCUT2D eigenvalue weighted by molar-refractivity contribution is -0.0269. The molecule has 0 radical (unpaired) electrons. The molecule has 3 nitrogen and oxygen atoms in total. The molecule has 1 aromatic rings. The normalized spacial score (nSPS) is 12.3. The number of hydrogen-bond acceptors (Lipinski definition) is 3. The summed E-state index contributed by atoms with van der Waals surface area (Å²) in [6.45, 7) is 5.62. The highest BCUT2D eigenvalue weighted by Crippen LogP contribution is 2.12. The van der Waals surface area contributed by atoms with E-state index in [1.54, 1.807) is 0 Å². The van der Waals surface area contributed by atoms with Crippen LogP contribution in [0.1, 0.15) is 96.0 Å². The molecular formula is C26H47NO2. The molecule has 0 saturated carbocycles. The fourth-order valence-electron chi connectivity index (χ4n) is 3.56. The summed E-state index contributed by atoms with van der Waals surface area (Å²) in [6.07, 6.45) is 17.7. The van der Waals surface area contributed by atoms with E-state index < -0.39 is 0 Å². The summed E-state index contributed by atoms with van der Waals surface area (Å²) in [7, 11) is 2.04. The van der Waals surface area contributed by atoms with Gasteiger partial charge in [-0.15, -0.1) is 0 Å². The van der Waals surface area contributed by atoms with Gasteiger partial charge in [-0.25, -0.2) is 0 Å². The van der Waals surface area contributed by atoms with Crippen molar-refractivity contribution in [1.29, 1.82) is 0 Å². The smallest absolute Gasteiger partial charge is 0.0810 e. The van der Waals surface area contributed by atoms with Gasteiger partial charge in [-0.3, -0.25) is 0 Å². The first-order valence-corrected chi connectivity index (χ1v) is 12.2. The maximum absolute atomic E-state index is 5.97. The Morgan fingerprint density at radius 3 is 1.86 bits per heavy atom. The van der Waals surface area contributed by atoms with Crippen LogP contribution >= 0.6 is 0 Å². The van der Waals surface area contributed by atoms with Gasteiger partial charge in [0, 0.05) is 6.61 Å². The molecule has 1 atom stereocenters. The summed E-state index contributed by atoms with van der Waals surface area (Å²) in [6, 6.07) is 10.4. The Bertz CT molecular complexity index is 438. The van der Waals surface area contributed by atoms with Crippen molar-refractivity contribution in [3.05, 3.63) is 35.9 Å². The van der Waals surface area contributed by atoms with E-state index in [1.807, 2.05) is 13.1 Å². The van der Waals surface area contributed by atoms with E-state index in [1.165, 1.54) is 89.2 Å². The Labute approximate surface area is 181 Å². The number of benzene rings is 1. The third-order valence-corrected chi connectivity index (χ3v) is 5.55. The lowest BCUT2D eigenvalue weighted by Gasteiger charge is -2.16. The molecular weight excluding hydrogens is 358 g/mol. The molecule has 0 aliphatic carbocycles. The molecule has 1 N–H and O–H groups in total. The highest BCUT2D eigenvalue weighted by molar-refractivity contribution is 5.13. The first-order chi connectivity index (χ1) is 14.4. The molecule has 0 fully saturated rings. The highest BCUT2D eigenvalue weighted by atomic mass is 16.5. The van der Waals surface area contributed by atoms with Gasteiger partial charge in [0.2, 0.25) is 0 Å². The molecule has 0 aliphatic rings. The molecule has 3 heteroatoms. The predicted molar refractivity (Wildman–Crippen MR) is 125 cm³/mol. The van der Waals surface area contributed by atoms with Gasteiger partial charge in [-0.05, 0) is 38.4 Å². The zero-order valence-corrected chi connectivity index (χ0v) is 19.3. The quantitative estimate of drug-likeness (QED) is 0.226. The minimum Gasteiger partial charge on any atom is -0.379 e. The fourth-order valence-corrected chi connectivity index (χ4v) is 3.56. The summed E-state index contributed by atoms with van der Waals surface area (Å²) in [5, 5.41) is 3.22. The number of rotatable bonds is 21. The highest BCUT2D eigenvalue weighted by Gasteiger charge is 2.07. The summed E-state index contributed by atoms with van der Waals surface area (Å²) in [4.78, 5) is 0. The van der Waals surface area contributed by atoms with Gasteiger partial charge in [-0.2, -0.15) is 0 Å². The van der Waals surface area contributed by atoms with Gasteiger partial charge in [0.15, 0.2) is 0 Å². The SMILES string of the molecule is CCC(COCCCCCCCCCCCCCCNC)OCc1ccccc1. The van der Waals surface area contributed by atoms with Crippen molar-refractivity contribution < 1.29 is 9.47 Å². The van der Waals surface area contributed by atoms with Crippen LogP contribution in [0.4, 0.5) is 0 Å². The van der Waals surface area contributed by atoms with E-state index in [9.17, 15) is 0 Å². The molecule has 0 bridgehead atoms. The Balaban J connectivity index is 1.81. The number of ether oxygens (including phenoxy) is 2. The molecule has 1 rings (SSSR count). The molecule has 29 heavy (non-hydrogen) atoms. The molecule has 1 aromatic carbocycles. The molecule has 0 heterocycles. The van der Waals surface area contributed by atoms with Crippen LogP contribution in [-0.4, -0.2) is 32.9 Å². The monoisotopic (exact) mass is 405 g/mol. The molecule has 0 saturated heterocycles. The van der Waals surface area contributed by atoms with Gasteiger partial charge in [0.25, 0.3) is 0 Å². The molecule has 0 aliphatic heterocycles. The molecule has 0 aromatic heterocycles. The lowest BCUT2D eigenvalue weighted by Crippen LogP contribution is -2.19. The summed E-state index contributed by atoms with van der Waals surface area (Å²) < 4.78 is 11.8. The molecule has 168 valence electrons. The third kappa shape index (κ3) is 16.6. The summed E-state index contributed by atoms with van der Waals surface area (Å²) >= 11 is 0. The van der Waals surface area contributed by atoms with Crippen molar-refractivity contribution in [2.45, 2.75) is 103 Å². The van der Waals surface area contributed by atoms with Crippen LogP contribution in [-0.2, 0) is 16.1 Å². The van der Waals surface area contributed by atoms with Crippen molar-refractivity contribution in [3.8, 4) is 0 Å². The van der Waals surface area contributed by atoms with Crippen molar-refractivity contribution in [2.24, 2.45) is 0 Å². The standard InChI is InChI=1S/C26H47NO2/c1-3-26(29-23-25-19-15-14-16-20-25)24-28-22-18-13-11-9-7-5-4-6-8-10-12-17-21-27-2/h14-16,19-20,26-27H,3-13,17-18,21-24H2,1-2H3. The minimum atomic E-state index is 0.207.